The fourth-order valence-electron chi connectivity index (χ4n) is 2.95. The van der Waals surface area contributed by atoms with Crippen molar-refractivity contribution in [2.45, 2.75) is 46.6 Å². The minimum Gasteiger partial charge on any atom is -0.481 e. The van der Waals surface area contributed by atoms with E-state index in [-0.39, 0.29) is 41.7 Å². The number of hydrogen-bond acceptors (Lipinski definition) is 4. The molecular weight excluding hydrogens is 274 g/mol. The van der Waals surface area contributed by atoms with Gasteiger partial charge in [0.1, 0.15) is 0 Å². The number of carbonyl (C=O) groups is 3. The molecule has 0 aromatic carbocycles. The topological polar surface area (TPSA) is 108 Å². The zero-order chi connectivity index (χ0) is 16.2. The molecule has 1 fully saturated rings. The Bertz CT molecular complexity index is 422. The van der Waals surface area contributed by atoms with Crippen molar-refractivity contribution in [2.75, 3.05) is 6.54 Å². The first-order chi connectivity index (χ1) is 9.66. The van der Waals surface area contributed by atoms with E-state index in [1.165, 1.54) is 6.92 Å². The lowest BCUT2D eigenvalue weighted by atomic mass is 9.61. The molecule has 4 N–H and O–H groups in total. The Morgan fingerprint density at radius 3 is 2.33 bits per heavy atom. The van der Waals surface area contributed by atoms with Gasteiger partial charge in [-0.3, -0.25) is 25.2 Å². The van der Waals surface area contributed by atoms with Crippen molar-refractivity contribution in [2.24, 2.45) is 17.3 Å². The molecule has 0 aromatic heterocycles. The van der Waals surface area contributed by atoms with Crippen LogP contribution in [0.5, 0.6) is 0 Å². The summed E-state index contributed by atoms with van der Waals surface area (Å²) in [5.41, 5.74) is 4.18. The molecule has 7 heteroatoms. The molecule has 0 radical (unpaired) electrons. The maximum absolute atomic E-state index is 11.5. The summed E-state index contributed by atoms with van der Waals surface area (Å²) in [6.45, 7) is 7.33. The molecule has 1 rings (SSSR count). The second-order valence-corrected chi connectivity index (χ2v) is 6.29. The molecule has 0 heterocycles. The maximum Gasteiger partial charge on any atom is 0.307 e. The van der Waals surface area contributed by atoms with E-state index in [0.717, 1.165) is 6.42 Å². The second-order valence-electron chi connectivity index (χ2n) is 6.29. The van der Waals surface area contributed by atoms with Crippen LogP contribution < -0.4 is 16.2 Å². The molecule has 1 aliphatic rings. The number of hydrazine groups is 1. The number of rotatable bonds is 4. The van der Waals surface area contributed by atoms with Gasteiger partial charge in [0.15, 0.2) is 0 Å². The van der Waals surface area contributed by atoms with Crippen molar-refractivity contribution in [1.29, 1.82) is 0 Å². The zero-order valence-corrected chi connectivity index (χ0v) is 13.0. The highest BCUT2D eigenvalue weighted by Crippen LogP contribution is 2.44. The highest BCUT2D eigenvalue weighted by atomic mass is 16.4. The second kappa shape index (κ2) is 6.89. The first kappa shape index (κ1) is 17.4. The first-order valence-electron chi connectivity index (χ1n) is 7.17. The fraction of sp³-hybridized carbons (Fsp3) is 0.786. The average Bonchev–Trinajstić information content (AvgIpc) is 2.37. The average molecular weight is 299 g/mol. The summed E-state index contributed by atoms with van der Waals surface area (Å²) in [5.74, 6) is -1.65. The number of hydrogen-bond donors (Lipinski definition) is 4. The van der Waals surface area contributed by atoms with Crippen LogP contribution in [0.3, 0.4) is 0 Å². The summed E-state index contributed by atoms with van der Waals surface area (Å²) in [4.78, 5) is 33.6. The summed E-state index contributed by atoms with van der Waals surface area (Å²) in [5, 5.41) is 12.4. The van der Waals surface area contributed by atoms with E-state index >= 15 is 0 Å². The molecule has 0 saturated heterocycles. The largest absolute Gasteiger partial charge is 0.481 e. The smallest absolute Gasteiger partial charge is 0.307 e. The van der Waals surface area contributed by atoms with Gasteiger partial charge in [0.05, 0.1) is 12.5 Å². The number of aliphatic carboxylic acids is 1. The SMILES string of the molecule is CC(=O)NNC(=O)CNC1CCC(C(=O)O)C(C)(C)C1C. The van der Waals surface area contributed by atoms with E-state index in [1.54, 1.807) is 0 Å². The molecule has 0 aliphatic heterocycles. The van der Waals surface area contributed by atoms with Crippen LogP contribution in [-0.2, 0) is 14.4 Å². The zero-order valence-electron chi connectivity index (χ0n) is 13.0. The summed E-state index contributed by atoms with van der Waals surface area (Å²) < 4.78 is 0. The minimum atomic E-state index is -0.756. The Balaban J connectivity index is 2.53. The Morgan fingerprint density at radius 2 is 1.81 bits per heavy atom. The third kappa shape index (κ3) is 4.42. The van der Waals surface area contributed by atoms with Crippen molar-refractivity contribution in [3.05, 3.63) is 0 Å². The van der Waals surface area contributed by atoms with E-state index < -0.39 is 5.97 Å². The van der Waals surface area contributed by atoms with Gasteiger partial charge in [-0.2, -0.15) is 0 Å². The predicted molar refractivity (Wildman–Crippen MR) is 77.1 cm³/mol. The van der Waals surface area contributed by atoms with E-state index in [9.17, 15) is 19.5 Å². The molecule has 2 amide bonds. The lowest BCUT2D eigenvalue weighted by molar-refractivity contribution is -0.150. The Hall–Kier alpha value is -1.63. The van der Waals surface area contributed by atoms with Crippen LogP contribution in [0.25, 0.3) is 0 Å². The molecule has 7 nitrogen and oxygen atoms in total. The fourth-order valence-corrected chi connectivity index (χ4v) is 2.95. The summed E-state index contributed by atoms with van der Waals surface area (Å²) in [7, 11) is 0. The van der Waals surface area contributed by atoms with Gasteiger partial charge in [-0.05, 0) is 24.2 Å². The van der Waals surface area contributed by atoms with Gasteiger partial charge in [-0.1, -0.05) is 20.8 Å². The normalized spacial score (nSPS) is 27.7. The third-order valence-corrected chi connectivity index (χ3v) is 4.64. The van der Waals surface area contributed by atoms with Gasteiger partial charge in [0.25, 0.3) is 5.91 Å². The molecule has 0 spiro atoms. The molecule has 3 atom stereocenters. The maximum atomic E-state index is 11.5. The molecule has 0 bridgehead atoms. The summed E-state index contributed by atoms with van der Waals surface area (Å²) in [6.07, 6.45) is 1.31. The van der Waals surface area contributed by atoms with Crippen LogP contribution in [0.1, 0.15) is 40.5 Å². The lowest BCUT2D eigenvalue weighted by Crippen LogP contribution is -2.53. The number of amides is 2. The van der Waals surface area contributed by atoms with Gasteiger partial charge < -0.3 is 10.4 Å². The van der Waals surface area contributed by atoms with Crippen molar-refractivity contribution in [3.63, 3.8) is 0 Å². The molecule has 0 aromatic rings. The quantitative estimate of drug-likeness (QED) is 0.557. The predicted octanol–water partition coefficient (Wildman–Crippen LogP) is 0.269. The highest BCUT2D eigenvalue weighted by molar-refractivity contribution is 5.81. The van der Waals surface area contributed by atoms with Crippen molar-refractivity contribution in [3.8, 4) is 0 Å². The third-order valence-electron chi connectivity index (χ3n) is 4.64. The van der Waals surface area contributed by atoms with Crippen LogP contribution in [0.2, 0.25) is 0 Å². The number of carboxylic acids is 1. The molecule has 1 saturated carbocycles. The van der Waals surface area contributed by atoms with Gasteiger partial charge in [-0.15, -0.1) is 0 Å². The number of carboxylic acid groups (broad SMARTS) is 1. The molecule has 21 heavy (non-hydrogen) atoms. The highest BCUT2D eigenvalue weighted by Gasteiger charge is 2.46. The number of nitrogens with one attached hydrogen (secondary N) is 3. The van der Waals surface area contributed by atoms with Crippen LogP contribution in [-0.4, -0.2) is 35.5 Å². The Morgan fingerprint density at radius 1 is 1.19 bits per heavy atom. The van der Waals surface area contributed by atoms with Crippen LogP contribution in [0.4, 0.5) is 0 Å². The van der Waals surface area contributed by atoms with Crippen molar-refractivity contribution >= 4 is 17.8 Å². The summed E-state index contributed by atoms with van der Waals surface area (Å²) in [6, 6.07) is 0.0821. The molecule has 3 unspecified atom stereocenters. The van der Waals surface area contributed by atoms with Crippen LogP contribution in [0, 0.1) is 17.3 Å². The van der Waals surface area contributed by atoms with Crippen LogP contribution >= 0.6 is 0 Å². The van der Waals surface area contributed by atoms with E-state index in [4.69, 9.17) is 0 Å². The molecule has 1 aliphatic carbocycles. The first-order valence-corrected chi connectivity index (χ1v) is 7.17. The summed E-state index contributed by atoms with van der Waals surface area (Å²) >= 11 is 0. The van der Waals surface area contributed by atoms with Gasteiger partial charge in [-0.25, -0.2) is 0 Å². The lowest BCUT2D eigenvalue weighted by Gasteiger charge is -2.46. The Labute approximate surface area is 124 Å². The standard InChI is InChI=1S/C14H25N3O4/c1-8-11(15-7-12(19)17-16-9(2)18)6-5-10(13(20)21)14(8,3)4/h8,10-11,15H,5-7H2,1-4H3,(H,16,18)(H,17,19)(H,20,21). The van der Waals surface area contributed by atoms with Gasteiger partial charge in [0.2, 0.25) is 5.91 Å². The van der Waals surface area contributed by atoms with E-state index in [0.29, 0.717) is 6.42 Å². The van der Waals surface area contributed by atoms with E-state index in [2.05, 4.69) is 16.2 Å². The Kier molecular flexibility index (Phi) is 5.71. The van der Waals surface area contributed by atoms with Crippen molar-refractivity contribution in [1.82, 2.24) is 16.2 Å². The molecule has 120 valence electrons. The number of carbonyl (C=O) groups excluding carboxylic acids is 2. The van der Waals surface area contributed by atoms with Crippen LogP contribution in [0.15, 0.2) is 0 Å². The minimum absolute atomic E-state index is 0.0821. The van der Waals surface area contributed by atoms with E-state index in [1.807, 2.05) is 20.8 Å². The van der Waals surface area contributed by atoms with Gasteiger partial charge in [0, 0.05) is 13.0 Å². The van der Waals surface area contributed by atoms with Gasteiger partial charge >= 0.3 is 5.97 Å². The van der Waals surface area contributed by atoms with Crippen molar-refractivity contribution < 1.29 is 19.5 Å². The molecular formula is C14H25N3O4. The monoisotopic (exact) mass is 299 g/mol.